The molecule has 0 unspecified atom stereocenters. The van der Waals surface area contributed by atoms with E-state index in [0.717, 1.165) is 5.46 Å². The predicted octanol–water partition coefficient (Wildman–Crippen LogP) is 9.50. The van der Waals surface area contributed by atoms with E-state index < -0.39 is 18.3 Å². The Morgan fingerprint density at radius 2 is 1.14 bits per heavy atom. The van der Waals surface area contributed by atoms with Crippen molar-refractivity contribution in [2.45, 2.75) is 48.7 Å². The van der Waals surface area contributed by atoms with Crippen molar-refractivity contribution in [3.8, 4) is 27.9 Å². The summed E-state index contributed by atoms with van der Waals surface area (Å²) in [6.07, 6.45) is 0. The Kier molecular flexibility index (Phi) is 4.50. The second kappa shape index (κ2) is 7.92. The van der Waals surface area contributed by atoms with Crippen LogP contribution in [0.3, 0.4) is 0 Å². The van der Waals surface area contributed by atoms with E-state index in [-0.39, 0.29) is 0 Å². The summed E-state index contributed by atoms with van der Waals surface area (Å²) in [7, 11) is -0.412. The van der Waals surface area contributed by atoms with Crippen molar-refractivity contribution in [1.29, 1.82) is 0 Å². The van der Waals surface area contributed by atoms with E-state index in [1.165, 1.54) is 81.1 Å². The first-order valence-electron chi connectivity index (χ1n) is 15.0. The molecule has 3 aliphatic rings. The molecular formula is C38H28BNO2S. The van der Waals surface area contributed by atoms with Gasteiger partial charge in [0, 0.05) is 42.8 Å². The average Bonchev–Trinajstić information content (AvgIpc) is 3.40. The van der Waals surface area contributed by atoms with Crippen LogP contribution in [-0.4, -0.2) is 22.9 Å². The van der Waals surface area contributed by atoms with Crippen molar-refractivity contribution in [3.05, 3.63) is 97.1 Å². The average molecular weight is 574 g/mol. The lowest BCUT2D eigenvalue weighted by atomic mass is 9.78. The standard InChI is InChI=1S/C38H28BNO2S/c1-37(2)38(3,4)42-39(41-37)21-19-29-26-15-9-16-27-32-24-13-7-5-11-22(24)23-12-6-8-14-25(23)33(32)28-17-10-18-30-35(28)40(34(26)27)36(29)31(20-21)43-30/h5-20H,1-4H3. The summed E-state index contributed by atoms with van der Waals surface area (Å²) in [4.78, 5) is 2.52. The van der Waals surface area contributed by atoms with Gasteiger partial charge in [0.2, 0.25) is 0 Å². The largest absolute Gasteiger partial charge is 0.494 e. The fourth-order valence-electron chi connectivity index (χ4n) is 7.65. The van der Waals surface area contributed by atoms with Gasteiger partial charge in [0.25, 0.3) is 0 Å². The zero-order chi connectivity index (χ0) is 28.8. The zero-order valence-corrected chi connectivity index (χ0v) is 25.3. The molecule has 0 bridgehead atoms. The first kappa shape index (κ1) is 24.4. The number of aromatic nitrogens is 1. The highest BCUT2D eigenvalue weighted by atomic mass is 32.2. The number of para-hydroxylation sites is 2. The third kappa shape index (κ3) is 2.95. The Morgan fingerprint density at radius 3 is 1.84 bits per heavy atom. The first-order valence-corrected chi connectivity index (χ1v) is 15.9. The SMILES string of the molecule is CC1(C)OB(c2cc3c4c(c2)c2cccc5c2n4-c2c(cccc2-c2c-5c4ccccc4c4ccccc24)S3)OC1(C)C. The van der Waals surface area contributed by atoms with Gasteiger partial charge in [-0.25, -0.2) is 0 Å². The van der Waals surface area contributed by atoms with Crippen LogP contribution in [0.15, 0.2) is 107 Å². The van der Waals surface area contributed by atoms with Crippen LogP contribution < -0.4 is 5.46 Å². The lowest BCUT2D eigenvalue weighted by molar-refractivity contribution is 0.00578. The molecule has 3 nitrogen and oxygen atoms in total. The van der Waals surface area contributed by atoms with Crippen molar-refractivity contribution in [3.63, 3.8) is 0 Å². The van der Waals surface area contributed by atoms with Crippen molar-refractivity contribution >= 4 is 67.7 Å². The number of benzene rings is 6. The van der Waals surface area contributed by atoms with Crippen LogP contribution in [0.4, 0.5) is 0 Å². The van der Waals surface area contributed by atoms with E-state index in [9.17, 15) is 0 Å². The van der Waals surface area contributed by atoms with Gasteiger partial charge in [-0.05, 0) is 66.8 Å². The molecule has 0 spiro atoms. The molecule has 10 rings (SSSR count). The molecule has 4 heterocycles. The van der Waals surface area contributed by atoms with Gasteiger partial charge in [-0.1, -0.05) is 96.7 Å². The van der Waals surface area contributed by atoms with Crippen LogP contribution in [0.2, 0.25) is 0 Å². The van der Waals surface area contributed by atoms with Gasteiger partial charge in [0.1, 0.15) is 0 Å². The molecule has 43 heavy (non-hydrogen) atoms. The minimum atomic E-state index is -0.412. The summed E-state index contributed by atoms with van der Waals surface area (Å²) < 4.78 is 15.7. The van der Waals surface area contributed by atoms with E-state index in [1.54, 1.807) is 0 Å². The summed E-state index contributed by atoms with van der Waals surface area (Å²) in [5.74, 6) is 0. The van der Waals surface area contributed by atoms with Crippen LogP contribution in [0.25, 0.3) is 71.3 Å². The van der Waals surface area contributed by atoms with Gasteiger partial charge in [-0.2, -0.15) is 0 Å². The molecule has 3 aliphatic heterocycles. The van der Waals surface area contributed by atoms with Gasteiger partial charge in [0.05, 0.1) is 27.9 Å². The van der Waals surface area contributed by atoms with Crippen molar-refractivity contribution in [1.82, 2.24) is 4.57 Å². The molecule has 1 fully saturated rings. The van der Waals surface area contributed by atoms with Gasteiger partial charge >= 0.3 is 7.12 Å². The lowest BCUT2D eigenvalue weighted by Gasteiger charge is -2.32. The Hall–Kier alpha value is -4.03. The van der Waals surface area contributed by atoms with E-state index >= 15 is 0 Å². The first-order chi connectivity index (χ1) is 20.8. The molecule has 0 atom stereocenters. The fraction of sp³-hybridized carbons (Fsp3) is 0.158. The molecule has 5 heteroatoms. The van der Waals surface area contributed by atoms with Crippen molar-refractivity contribution in [2.75, 3.05) is 0 Å². The highest BCUT2D eigenvalue weighted by Crippen LogP contribution is 2.56. The highest BCUT2D eigenvalue weighted by molar-refractivity contribution is 7.99. The molecule has 7 aromatic rings. The summed E-state index contributed by atoms with van der Waals surface area (Å²) in [5.41, 5.74) is 9.34. The van der Waals surface area contributed by atoms with Crippen LogP contribution in [0.1, 0.15) is 27.7 Å². The Labute approximate surface area is 254 Å². The van der Waals surface area contributed by atoms with Gasteiger partial charge < -0.3 is 13.9 Å². The van der Waals surface area contributed by atoms with Crippen molar-refractivity contribution in [2.24, 2.45) is 0 Å². The molecule has 0 radical (unpaired) electrons. The fourth-order valence-corrected chi connectivity index (χ4v) is 8.83. The van der Waals surface area contributed by atoms with E-state index in [0.29, 0.717) is 0 Å². The predicted molar refractivity (Wildman–Crippen MR) is 180 cm³/mol. The smallest absolute Gasteiger partial charge is 0.399 e. The molecule has 1 aromatic heterocycles. The molecule has 0 aliphatic carbocycles. The van der Waals surface area contributed by atoms with Crippen LogP contribution in [0.5, 0.6) is 0 Å². The van der Waals surface area contributed by atoms with Gasteiger partial charge in [-0.15, -0.1) is 0 Å². The van der Waals surface area contributed by atoms with Crippen LogP contribution in [0, 0.1) is 0 Å². The van der Waals surface area contributed by atoms with Gasteiger partial charge in [-0.3, -0.25) is 0 Å². The summed E-state index contributed by atoms with van der Waals surface area (Å²) in [5, 5.41) is 7.71. The number of hydrogen-bond acceptors (Lipinski definition) is 3. The van der Waals surface area contributed by atoms with E-state index in [1.807, 2.05) is 11.8 Å². The Morgan fingerprint density at radius 1 is 0.558 bits per heavy atom. The number of rotatable bonds is 1. The quantitative estimate of drug-likeness (QED) is 0.144. The second-order valence-electron chi connectivity index (χ2n) is 13.1. The zero-order valence-electron chi connectivity index (χ0n) is 24.5. The molecule has 206 valence electrons. The number of nitrogens with zero attached hydrogens (tertiary/aromatic N) is 1. The topological polar surface area (TPSA) is 23.4 Å². The molecule has 0 amide bonds. The van der Waals surface area contributed by atoms with E-state index in [4.69, 9.17) is 9.31 Å². The lowest BCUT2D eigenvalue weighted by Crippen LogP contribution is -2.41. The highest BCUT2D eigenvalue weighted by Gasteiger charge is 2.52. The minimum Gasteiger partial charge on any atom is -0.399 e. The summed E-state index contributed by atoms with van der Waals surface area (Å²) >= 11 is 1.87. The van der Waals surface area contributed by atoms with Gasteiger partial charge in [0.15, 0.2) is 0 Å². The van der Waals surface area contributed by atoms with Crippen LogP contribution in [-0.2, 0) is 9.31 Å². The normalized spacial score (nSPS) is 17.3. The summed E-state index contributed by atoms with van der Waals surface area (Å²) in [6.45, 7) is 8.49. The monoisotopic (exact) mass is 573 g/mol. The molecule has 1 saturated heterocycles. The van der Waals surface area contributed by atoms with E-state index in [2.05, 4.69) is 129 Å². The molecule has 0 N–H and O–H groups in total. The third-order valence-electron chi connectivity index (χ3n) is 10.3. The number of hydrogen-bond donors (Lipinski definition) is 0. The molecule has 6 aromatic carbocycles. The van der Waals surface area contributed by atoms with Crippen molar-refractivity contribution < 1.29 is 9.31 Å². The maximum absolute atomic E-state index is 6.56. The Bertz CT molecular complexity index is 2390. The molecular weight excluding hydrogens is 545 g/mol. The Balaban J connectivity index is 1.39. The molecule has 0 saturated carbocycles. The number of fused-ring (bicyclic) bond motifs is 9. The maximum atomic E-state index is 6.56. The van der Waals surface area contributed by atoms with Crippen LogP contribution >= 0.6 is 11.8 Å². The summed E-state index contributed by atoms with van der Waals surface area (Å²) in [6, 6.07) is 36.1. The minimum absolute atomic E-state index is 0.395. The third-order valence-corrected chi connectivity index (χ3v) is 11.4. The second-order valence-corrected chi connectivity index (χ2v) is 14.2. The maximum Gasteiger partial charge on any atom is 0.494 e.